The Morgan fingerprint density at radius 2 is 2.11 bits per heavy atom. The minimum absolute atomic E-state index is 0.331. The van der Waals surface area contributed by atoms with E-state index in [-0.39, 0.29) is 5.82 Å². The highest BCUT2D eigenvalue weighted by Gasteiger charge is 2.30. The fraction of sp³-hybridized carbons (Fsp3) is 0.533. The number of unbranched alkanes of at least 4 members (excludes halogenated alkanes) is 3. The van der Waals surface area contributed by atoms with Crippen LogP contribution in [0.15, 0.2) is 24.3 Å². The first-order valence-electron chi connectivity index (χ1n) is 6.81. The second-order valence-corrected chi connectivity index (χ2v) is 5.14. The van der Waals surface area contributed by atoms with Gasteiger partial charge in [0.2, 0.25) is 5.91 Å². The number of amides is 1. The van der Waals surface area contributed by atoms with Gasteiger partial charge in [-0.05, 0) is 31.5 Å². The normalized spacial score (nSPS) is 13.8. The summed E-state index contributed by atoms with van der Waals surface area (Å²) in [5.41, 5.74) is 5.22. The van der Waals surface area contributed by atoms with E-state index in [2.05, 4.69) is 12.2 Å². The van der Waals surface area contributed by atoms with Crippen molar-refractivity contribution < 1.29 is 9.18 Å². The number of carbonyl (C=O) groups is 1. The molecular formula is C15H23FN2O. The zero-order valence-corrected chi connectivity index (χ0v) is 11.7. The maximum atomic E-state index is 13.1. The second-order valence-electron chi connectivity index (χ2n) is 5.14. The summed E-state index contributed by atoms with van der Waals surface area (Å²) in [6.07, 6.45) is 4.94. The van der Waals surface area contributed by atoms with Crippen molar-refractivity contribution in [3.8, 4) is 0 Å². The molecule has 3 nitrogen and oxygen atoms in total. The first-order valence-corrected chi connectivity index (χ1v) is 6.81. The summed E-state index contributed by atoms with van der Waals surface area (Å²) in [5, 5.41) is 3.06. The van der Waals surface area contributed by atoms with E-state index in [0.29, 0.717) is 12.1 Å². The number of hydrogen-bond acceptors (Lipinski definition) is 2. The van der Waals surface area contributed by atoms with Crippen LogP contribution >= 0.6 is 0 Å². The van der Waals surface area contributed by atoms with Gasteiger partial charge in [-0.15, -0.1) is 0 Å². The molecule has 0 aromatic heterocycles. The van der Waals surface area contributed by atoms with Gasteiger partial charge in [-0.2, -0.15) is 0 Å². The fourth-order valence-electron chi connectivity index (χ4n) is 2.04. The molecule has 0 aliphatic rings. The second kappa shape index (κ2) is 7.12. The van der Waals surface area contributed by atoms with Crippen molar-refractivity contribution in [2.45, 2.75) is 51.5 Å². The van der Waals surface area contributed by atoms with Crippen LogP contribution in [-0.2, 0) is 4.79 Å². The van der Waals surface area contributed by atoms with Gasteiger partial charge in [0.25, 0.3) is 0 Å². The molecule has 0 bridgehead atoms. The number of carbonyl (C=O) groups excluding carboxylic acids is 1. The molecule has 1 aromatic carbocycles. The molecule has 106 valence electrons. The fourth-order valence-corrected chi connectivity index (χ4v) is 2.04. The van der Waals surface area contributed by atoms with Crippen molar-refractivity contribution in [1.29, 1.82) is 0 Å². The lowest BCUT2D eigenvalue weighted by atomic mass is 9.93. The van der Waals surface area contributed by atoms with Gasteiger partial charge in [0.05, 0.1) is 0 Å². The highest BCUT2D eigenvalue weighted by Crippen LogP contribution is 2.22. The number of benzene rings is 1. The largest absolute Gasteiger partial charge is 0.371 e. The van der Waals surface area contributed by atoms with Crippen LogP contribution in [0.25, 0.3) is 0 Å². The van der Waals surface area contributed by atoms with Crippen LogP contribution in [0.4, 0.5) is 10.1 Å². The van der Waals surface area contributed by atoms with Crippen molar-refractivity contribution in [3.63, 3.8) is 0 Å². The number of rotatable bonds is 8. The summed E-state index contributed by atoms with van der Waals surface area (Å²) in [6.45, 7) is 3.91. The molecule has 1 amide bonds. The van der Waals surface area contributed by atoms with Crippen LogP contribution in [-0.4, -0.2) is 11.4 Å². The molecular weight excluding hydrogens is 243 g/mol. The molecule has 19 heavy (non-hydrogen) atoms. The zero-order chi connectivity index (χ0) is 14.3. The predicted octanol–water partition coefficient (Wildman–Crippen LogP) is 3.45. The maximum Gasteiger partial charge on any atom is 0.242 e. The molecule has 0 saturated heterocycles. The maximum absolute atomic E-state index is 13.1. The molecule has 0 aliphatic carbocycles. The van der Waals surface area contributed by atoms with E-state index in [9.17, 15) is 9.18 Å². The molecule has 0 spiro atoms. The summed E-state index contributed by atoms with van der Waals surface area (Å²) in [5.74, 6) is -0.740. The van der Waals surface area contributed by atoms with Crippen LogP contribution in [0.2, 0.25) is 0 Å². The van der Waals surface area contributed by atoms with Crippen molar-refractivity contribution in [2.75, 3.05) is 5.32 Å². The van der Waals surface area contributed by atoms with Crippen molar-refractivity contribution >= 4 is 11.6 Å². The Labute approximate surface area is 114 Å². The molecule has 3 N–H and O–H groups in total. The molecule has 1 unspecified atom stereocenters. The summed E-state index contributed by atoms with van der Waals surface area (Å²) in [6, 6.07) is 6.08. The Hall–Kier alpha value is -1.58. The lowest BCUT2D eigenvalue weighted by Gasteiger charge is -2.28. The number of anilines is 1. The molecule has 0 aliphatic heterocycles. The Morgan fingerprint density at radius 3 is 2.68 bits per heavy atom. The van der Waals surface area contributed by atoms with Crippen LogP contribution in [0.5, 0.6) is 0 Å². The van der Waals surface area contributed by atoms with Crippen molar-refractivity contribution in [1.82, 2.24) is 0 Å². The lowest BCUT2D eigenvalue weighted by molar-refractivity contribution is -0.122. The Bertz CT molecular complexity index is 422. The van der Waals surface area contributed by atoms with Gasteiger partial charge in [-0.3, -0.25) is 4.79 Å². The number of halogens is 1. The minimum atomic E-state index is -0.832. The summed E-state index contributed by atoms with van der Waals surface area (Å²) in [4.78, 5) is 11.6. The minimum Gasteiger partial charge on any atom is -0.371 e. The predicted molar refractivity (Wildman–Crippen MR) is 76.4 cm³/mol. The summed E-state index contributed by atoms with van der Waals surface area (Å²) < 4.78 is 13.1. The molecule has 1 atom stereocenters. The molecule has 0 fully saturated rings. The van der Waals surface area contributed by atoms with Crippen LogP contribution < -0.4 is 11.1 Å². The summed E-state index contributed by atoms with van der Waals surface area (Å²) >= 11 is 0. The third kappa shape index (κ3) is 4.89. The van der Waals surface area contributed by atoms with Gasteiger partial charge in [0.1, 0.15) is 11.4 Å². The van der Waals surface area contributed by atoms with Crippen LogP contribution in [0.3, 0.4) is 0 Å². The van der Waals surface area contributed by atoms with E-state index >= 15 is 0 Å². The topological polar surface area (TPSA) is 55.1 Å². The molecule has 1 aromatic rings. The number of nitrogens with two attached hydrogens (primary N) is 1. The number of primary amides is 1. The average Bonchev–Trinajstić information content (AvgIpc) is 2.34. The third-order valence-corrected chi connectivity index (χ3v) is 3.32. The van der Waals surface area contributed by atoms with Gasteiger partial charge < -0.3 is 11.1 Å². The molecule has 1 rings (SSSR count). The van der Waals surface area contributed by atoms with Gasteiger partial charge in [0.15, 0.2) is 0 Å². The SMILES string of the molecule is CCCCCCC(C)(Nc1cccc(F)c1)C(N)=O. The van der Waals surface area contributed by atoms with Gasteiger partial charge in [-0.1, -0.05) is 38.7 Å². The molecule has 4 heteroatoms. The first kappa shape index (κ1) is 15.5. The van der Waals surface area contributed by atoms with E-state index in [0.717, 1.165) is 25.7 Å². The standard InChI is InChI=1S/C15H23FN2O/c1-3-4-5-6-10-15(2,14(17)19)18-13-9-7-8-12(16)11-13/h7-9,11,18H,3-6,10H2,1-2H3,(H2,17,19). The van der Waals surface area contributed by atoms with Gasteiger partial charge >= 0.3 is 0 Å². The molecule has 0 heterocycles. The van der Waals surface area contributed by atoms with Gasteiger partial charge in [-0.25, -0.2) is 4.39 Å². The lowest BCUT2D eigenvalue weighted by Crippen LogP contribution is -2.47. The van der Waals surface area contributed by atoms with Gasteiger partial charge in [0, 0.05) is 5.69 Å². The number of hydrogen-bond donors (Lipinski definition) is 2. The highest BCUT2D eigenvalue weighted by molar-refractivity contribution is 5.87. The van der Waals surface area contributed by atoms with E-state index in [1.807, 2.05) is 0 Å². The third-order valence-electron chi connectivity index (χ3n) is 3.32. The van der Waals surface area contributed by atoms with Crippen molar-refractivity contribution in [2.24, 2.45) is 5.73 Å². The van der Waals surface area contributed by atoms with E-state index in [1.54, 1.807) is 19.1 Å². The zero-order valence-electron chi connectivity index (χ0n) is 11.7. The van der Waals surface area contributed by atoms with E-state index < -0.39 is 11.4 Å². The smallest absolute Gasteiger partial charge is 0.242 e. The quantitative estimate of drug-likeness (QED) is 0.708. The monoisotopic (exact) mass is 266 g/mol. The Morgan fingerprint density at radius 1 is 1.37 bits per heavy atom. The van der Waals surface area contributed by atoms with E-state index in [1.165, 1.54) is 12.1 Å². The average molecular weight is 266 g/mol. The number of nitrogens with one attached hydrogen (secondary N) is 1. The van der Waals surface area contributed by atoms with Crippen molar-refractivity contribution in [3.05, 3.63) is 30.1 Å². The Balaban J connectivity index is 2.68. The van der Waals surface area contributed by atoms with Crippen LogP contribution in [0.1, 0.15) is 46.0 Å². The summed E-state index contributed by atoms with van der Waals surface area (Å²) in [7, 11) is 0. The first-order chi connectivity index (χ1) is 8.98. The van der Waals surface area contributed by atoms with Crippen LogP contribution in [0, 0.1) is 5.82 Å². The molecule has 0 radical (unpaired) electrons. The highest BCUT2D eigenvalue weighted by atomic mass is 19.1. The Kier molecular flexibility index (Phi) is 5.80. The van der Waals surface area contributed by atoms with E-state index in [4.69, 9.17) is 5.73 Å². The molecule has 0 saturated carbocycles.